The number of benzene rings is 1. The molecule has 11 nitrogen and oxygen atoms in total. The second kappa shape index (κ2) is 13.9. The quantitative estimate of drug-likeness (QED) is 0.117. The predicted molar refractivity (Wildman–Crippen MR) is 174 cm³/mol. The van der Waals surface area contributed by atoms with Gasteiger partial charge in [0.1, 0.15) is 18.7 Å². The molecule has 0 bridgehead atoms. The number of barbiturate groups is 1. The fraction of sp³-hybridized carbons (Fsp3) is 0.676. The molecule has 2 saturated heterocycles. The highest BCUT2D eigenvalue weighted by Crippen LogP contribution is 2.48. The van der Waals surface area contributed by atoms with E-state index in [-0.39, 0.29) is 37.7 Å². The number of hydrogen-bond donors (Lipinski definition) is 0. The van der Waals surface area contributed by atoms with Crippen LogP contribution >= 0.6 is 0 Å². The molecule has 5 rings (SSSR count). The first-order valence-corrected chi connectivity index (χ1v) is 20.6. The fourth-order valence-electron chi connectivity index (χ4n) is 7.22. The highest BCUT2D eigenvalue weighted by atomic mass is 28.3. The lowest BCUT2D eigenvalue weighted by Crippen LogP contribution is -2.61. The van der Waals surface area contributed by atoms with Crippen LogP contribution < -0.4 is 0 Å². The number of carbonyl (C=O) groups is 5. The Kier molecular flexibility index (Phi) is 10.4. The molecule has 12 heteroatoms. The number of amides is 7. The largest absolute Gasteiger partial charge is 0.376 e. The summed E-state index contributed by atoms with van der Waals surface area (Å²) in [6.07, 6.45) is 4.74. The molecular weight excluding hydrogens is 604 g/mol. The molecule has 1 spiro atoms. The van der Waals surface area contributed by atoms with Crippen molar-refractivity contribution in [2.45, 2.75) is 109 Å². The maximum Gasteiger partial charge on any atom is 0.333 e. The van der Waals surface area contributed by atoms with Crippen molar-refractivity contribution in [2.24, 2.45) is 5.41 Å². The van der Waals surface area contributed by atoms with Crippen LogP contribution in [0.4, 0.5) is 9.59 Å². The van der Waals surface area contributed by atoms with Gasteiger partial charge in [-0.1, -0.05) is 56.9 Å². The molecule has 0 radical (unpaired) electrons. The number of hydrogen-bond acceptors (Lipinski definition) is 7. The molecule has 0 unspecified atom stereocenters. The van der Waals surface area contributed by atoms with Gasteiger partial charge >= 0.3 is 12.1 Å². The fourth-order valence-corrected chi connectivity index (χ4v) is 7.97. The molecule has 2 saturated carbocycles. The molecule has 0 N–H and O–H groups in total. The van der Waals surface area contributed by atoms with E-state index in [0.29, 0.717) is 71.3 Å². The smallest absolute Gasteiger partial charge is 0.333 e. The Morgan fingerprint density at radius 2 is 1.57 bits per heavy atom. The van der Waals surface area contributed by atoms with Gasteiger partial charge in [-0.3, -0.25) is 24.2 Å². The Morgan fingerprint density at radius 3 is 2.17 bits per heavy atom. The van der Waals surface area contributed by atoms with Crippen LogP contribution in [0.25, 0.3) is 0 Å². The van der Waals surface area contributed by atoms with Gasteiger partial charge in [0.2, 0.25) is 11.8 Å². The SMILES string of the molecule is CCCN1C(=O)CC(=O)N(C2CCC(COCc3ccccc3)(CN3C(=O)N(COCC[Si](C)(C)C)C(=O)C34CCC4)CC2)C1=O. The van der Waals surface area contributed by atoms with Crippen LogP contribution in [0, 0.1) is 5.41 Å². The van der Waals surface area contributed by atoms with Gasteiger partial charge in [-0.15, -0.1) is 0 Å². The van der Waals surface area contributed by atoms with Crippen molar-refractivity contribution in [3.63, 3.8) is 0 Å². The lowest BCUT2D eigenvalue weighted by molar-refractivity contribution is -0.146. The third-order valence-electron chi connectivity index (χ3n) is 10.2. The average Bonchev–Trinajstić information content (AvgIpc) is 3.19. The molecule has 1 aromatic rings. The summed E-state index contributed by atoms with van der Waals surface area (Å²) in [5.41, 5.74) is -0.275. The topological polar surface area (TPSA) is 117 Å². The molecule has 4 aliphatic rings. The molecule has 7 amide bonds. The van der Waals surface area contributed by atoms with Gasteiger partial charge < -0.3 is 14.4 Å². The van der Waals surface area contributed by atoms with Crippen LogP contribution in [0.3, 0.4) is 0 Å². The van der Waals surface area contributed by atoms with Gasteiger partial charge in [-0.2, -0.15) is 0 Å². The van der Waals surface area contributed by atoms with Crippen molar-refractivity contribution in [1.82, 2.24) is 19.6 Å². The summed E-state index contributed by atoms with van der Waals surface area (Å²) in [4.78, 5) is 72.0. The second-order valence-electron chi connectivity index (χ2n) is 14.8. The maximum atomic E-state index is 13.9. The van der Waals surface area contributed by atoms with Crippen molar-refractivity contribution < 1.29 is 33.4 Å². The number of imide groups is 3. The van der Waals surface area contributed by atoms with Crippen LogP contribution in [0.1, 0.15) is 70.3 Å². The minimum Gasteiger partial charge on any atom is -0.376 e. The molecule has 2 heterocycles. The predicted octanol–water partition coefficient (Wildman–Crippen LogP) is 5.22. The zero-order valence-corrected chi connectivity index (χ0v) is 28.9. The number of rotatable bonds is 14. The van der Waals surface area contributed by atoms with Gasteiger partial charge in [-0.05, 0) is 63.0 Å². The van der Waals surface area contributed by atoms with Crippen LogP contribution in [0.5, 0.6) is 0 Å². The number of carbonyl (C=O) groups excluding carboxylic acids is 5. The van der Waals surface area contributed by atoms with Crippen molar-refractivity contribution in [3.8, 4) is 0 Å². The summed E-state index contributed by atoms with van der Waals surface area (Å²) in [6.45, 7) is 10.6. The van der Waals surface area contributed by atoms with Gasteiger partial charge in [0.15, 0.2) is 0 Å². The van der Waals surface area contributed by atoms with Gasteiger partial charge in [0, 0.05) is 39.2 Å². The van der Waals surface area contributed by atoms with Crippen LogP contribution in [-0.4, -0.2) is 102 Å². The highest BCUT2D eigenvalue weighted by Gasteiger charge is 2.62. The third kappa shape index (κ3) is 7.08. The van der Waals surface area contributed by atoms with Gasteiger partial charge in [0.25, 0.3) is 5.91 Å². The summed E-state index contributed by atoms with van der Waals surface area (Å²) in [5, 5.41) is 0. The normalized spacial score (nSPS) is 25.2. The zero-order chi connectivity index (χ0) is 33.1. The van der Waals surface area contributed by atoms with E-state index in [9.17, 15) is 24.0 Å². The summed E-state index contributed by atoms with van der Waals surface area (Å²) < 4.78 is 12.2. The minimum absolute atomic E-state index is 0.0356. The lowest BCUT2D eigenvalue weighted by atomic mass is 9.69. The monoisotopic (exact) mass is 654 g/mol. The van der Waals surface area contributed by atoms with E-state index in [4.69, 9.17) is 9.47 Å². The molecule has 0 aromatic heterocycles. The van der Waals surface area contributed by atoms with E-state index >= 15 is 0 Å². The maximum absolute atomic E-state index is 13.9. The van der Waals surface area contributed by atoms with E-state index in [1.165, 1.54) is 14.7 Å². The van der Waals surface area contributed by atoms with Crippen LogP contribution in [0.15, 0.2) is 30.3 Å². The van der Waals surface area contributed by atoms with Crippen LogP contribution in [-0.2, 0) is 30.5 Å². The molecular formula is C34H50N4O7Si. The minimum atomic E-state index is -1.32. The summed E-state index contributed by atoms with van der Waals surface area (Å²) in [5.74, 6) is -1.06. The lowest BCUT2D eigenvalue weighted by Gasteiger charge is -2.49. The Balaban J connectivity index is 1.32. The molecule has 2 aliphatic heterocycles. The zero-order valence-electron chi connectivity index (χ0n) is 27.9. The molecule has 46 heavy (non-hydrogen) atoms. The van der Waals surface area contributed by atoms with E-state index < -0.39 is 36.9 Å². The first-order valence-electron chi connectivity index (χ1n) is 16.9. The van der Waals surface area contributed by atoms with Crippen molar-refractivity contribution in [3.05, 3.63) is 35.9 Å². The van der Waals surface area contributed by atoms with Gasteiger partial charge in [0.05, 0.1) is 13.2 Å². The molecule has 4 fully saturated rings. The van der Waals surface area contributed by atoms with Gasteiger partial charge in [-0.25, -0.2) is 14.5 Å². The Morgan fingerprint density at radius 1 is 0.870 bits per heavy atom. The van der Waals surface area contributed by atoms with Crippen molar-refractivity contribution in [2.75, 3.05) is 33.0 Å². The van der Waals surface area contributed by atoms with Crippen LogP contribution in [0.2, 0.25) is 25.7 Å². The summed E-state index contributed by atoms with van der Waals surface area (Å²) >= 11 is 0. The molecule has 2 aliphatic carbocycles. The molecule has 252 valence electrons. The summed E-state index contributed by atoms with van der Waals surface area (Å²) in [7, 11) is -1.32. The van der Waals surface area contributed by atoms with E-state index in [0.717, 1.165) is 18.0 Å². The Bertz CT molecular complexity index is 1300. The van der Waals surface area contributed by atoms with E-state index in [2.05, 4.69) is 19.6 Å². The number of urea groups is 2. The summed E-state index contributed by atoms with van der Waals surface area (Å²) in [6, 6.07) is 9.69. The number of nitrogens with zero attached hydrogens (tertiary/aromatic N) is 4. The number of ether oxygens (including phenoxy) is 2. The molecule has 0 atom stereocenters. The Labute approximate surface area is 273 Å². The third-order valence-corrected chi connectivity index (χ3v) is 11.9. The first kappa shape index (κ1) is 34.2. The first-order chi connectivity index (χ1) is 21.9. The highest BCUT2D eigenvalue weighted by molar-refractivity contribution is 6.76. The Hall–Kier alpha value is -3.09. The second-order valence-corrected chi connectivity index (χ2v) is 20.4. The van der Waals surface area contributed by atoms with Crippen molar-refractivity contribution >= 4 is 37.9 Å². The standard InChI is InChI=1S/C34H50N4O7Si/c1-5-18-35-28(39)21-29(40)38(32(35)43)27-12-16-33(17-13-27,24-45-22-26-10-7-6-8-11-26)23-37-31(42)36(25-44-19-20-46(2,3)4)30(41)34(37)14-9-15-34/h6-8,10-11,27H,5,9,12-25H2,1-4H3. The van der Waals surface area contributed by atoms with E-state index in [1.54, 1.807) is 4.90 Å². The van der Waals surface area contributed by atoms with E-state index in [1.807, 2.05) is 37.3 Å². The van der Waals surface area contributed by atoms with Crippen molar-refractivity contribution in [1.29, 1.82) is 0 Å². The average molecular weight is 655 g/mol. The molecule has 1 aromatic carbocycles.